The van der Waals surface area contributed by atoms with Crippen LogP contribution in [0.1, 0.15) is 29.3 Å². The average Bonchev–Trinajstić information content (AvgIpc) is 2.35. The van der Waals surface area contributed by atoms with Gasteiger partial charge >= 0.3 is 0 Å². The summed E-state index contributed by atoms with van der Waals surface area (Å²) in [5.74, 6) is 0. The molecule has 0 fully saturated rings. The summed E-state index contributed by atoms with van der Waals surface area (Å²) in [6.07, 6.45) is 1.79. The molecule has 0 saturated heterocycles. The number of hydrogen-bond donors (Lipinski definition) is 1. The fourth-order valence-corrected chi connectivity index (χ4v) is 2.94. The van der Waals surface area contributed by atoms with E-state index < -0.39 is 0 Å². The molecule has 4 nitrogen and oxygen atoms in total. The normalized spacial score (nSPS) is 14.1. The van der Waals surface area contributed by atoms with Crippen LogP contribution in [0.15, 0.2) is 35.6 Å². The fourth-order valence-electron chi connectivity index (χ4n) is 1.84. The lowest BCUT2D eigenvalue weighted by Crippen LogP contribution is -2.23. The first-order valence-corrected chi connectivity index (χ1v) is 7.09. The number of nitrogens with zero attached hydrogens (tertiary/aromatic N) is 3. The quantitative estimate of drug-likeness (QED) is 0.686. The largest absolute Gasteiger partial charge is 0.327 e. The van der Waals surface area contributed by atoms with Gasteiger partial charge in [-0.1, -0.05) is 17.8 Å². The highest BCUT2D eigenvalue weighted by Crippen LogP contribution is 2.34. The number of nitrogens with two attached hydrogens (primary N) is 1. The molecule has 0 bridgehead atoms. The predicted molar refractivity (Wildman–Crippen MR) is 78.0 cm³/mol. The van der Waals surface area contributed by atoms with E-state index in [9.17, 15) is 0 Å². The Labute approximate surface area is 117 Å². The van der Waals surface area contributed by atoms with Crippen molar-refractivity contribution in [3.8, 4) is 0 Å². The zero-order valence-corrected chi connectivity index (χ0v) is 12.2. The smallest absolute Gasteiger partial charge is 0.188 e. The van der Waals surface area contributed by atoms with Gasteiger partial charge in [0, 0.05) is 23.6 Å². The minimum absolute atomic E-state index is 0.0238. The molecule has 0 spiro atoms. The third-order valence-corrected chi connectivity index (χ3v) is 3.97. The topological polar surface area (TPSA) is 64.7 Å². The Morgan fingerprint density at radius 1 is 1.16 bits per heavy atom. The Bertz CT molecular complexity index is 522. The van der Waals surface area contributed by atoms with E-state index in [1.165, 1.54) is 0 Å². The lowest BCUT2D eigenvalue weighted by molar-refractivity contribution is 0.701. The van der Waals surface area contributed by atoms with Gasteiger partial charge in [0.05, 0.1) is 10.9 Å². The van der Waals surface area contributed by atoms with Crippen molar-refractivity contribution in [3.05, 3.63) is 47.5 Å². The van der Waals surface area contributed by atoms with E-state index in [1.54, 1.807) is 18.0 Å². The predicted octanol–water partition coefficient (Wildman–Crippen LogP) is 2.67. The van der Waals surface area contributed by atoms with Gasteiger partial charge < -0.3 is 5.73 Å². The first-order valence-electron chi connectivity index (χ1n) is 6.21. The van der Waals surface area contributed by atoms with E-state index in [1.807, 2.05) is 45.0 Å². The first-order chi connectivity index (χ1) is 9.06. The SMILES string of the molecule is Cc1cc(C)nc(SC(c2ccccn2)C(C)N)n1. The van der Waals surface area contributed by atoms with Crippen LogP contribution in [0.2, 0.25) is 0 Å². The van der Waals surface area contributed by atoms with Crippen LogP contribution in [0, 0.1) is 13.8 Å². The molecular weight excluding hydrogens is 256 g/mol. The minimum atomic E-state index is -0.0238. The Morgan fingerprint density at radius 2 is 1.84 bits per heavy atom. The second-order valence-corrected chi connectivity index (χ2v) is 5.69. The zero-order valence-electron chi connectivity index (χ0n) is 11.4. The number of hydrogen-bond acceptors (Lipinski definition) is 5. The first kappa shape index (κ1) is 14.0. The van der Waals surface area contributed by atoms with Crippen molar-refractivity contribution in [2.45, 2.75) is 37.2 Å². The van der Waals surface area contributed by atoms with Gasteiger partial charge in [0.25, 0.3) is 0 Å². The van der Waals surface area contributed by atoms with Crippen LogP contribution in [0.5, 0.6) is 0 Å². The summed E-state index contributed by atoms with van der Waals surface area (Å²) in [4.78, 5) is 13.3. The molecule has 2 rings (SSSR count). The molecular formula is C14H18N4S. The maximum Gasteiger partial charge on any atom is 0.188 e. The molecule has 5 heteroatoms. The Hall–Kier alpha value is -1.46. The van der Waals surface area contributed by atoms with Gasteiger partial charge in [0.15, 0.2) is 5.16 Å². The Morgan fingerprint density at radius 3 is 2.37 bits per heavy atom. The molecule has 0 aromatic carbocycles. The van der Waals surface area contributed by atoms with Crippen LogP contribution in [0.3, 0.4) is 0 Å². The average molecular weight is 274 g/mol. The summed E-state index contributed by atoms with van der Waals surface area (Å²) in [5, 5.41) is 0.813. The van der Waals surface area contributed by atoms with Crippen molar-refractivity contribution in [2.75, 3.05) is 0 Å². The lowest BCUT2D eigenvalue weighted by atomic mass is 10.2. The highest BCUT2D eigenvalue weighted by Gasteiger charge is 2.20. The maximum absolute atomic E-state index is 6.08. The van der Waals surface area contributed by atoms with Crippen LogP contribution in [0.4, 0.5) is 0 Å². The highest BCUT2D eigenvalue weighted by molar-refractivity contribution is 7.99. The van der Waals surface area contributed by atoms with Gasteiger partial charge in [-0.05, 0) is 39.0 Å². The second kappa shape index (κ2) is 6.12. The number of pyridine rings is 1. The van der Waals surface area contributed by atoms with E-state index in [-0.39, 0.29) is 11.3 Å². The zero-order chi connectivity index (χ0) is 13.8. The van der Waals surface area contributed by atoms with Crippen molar-refractivity contribution < 1.29 is 0 Å². The summed E-state index contributed by atoms with van der Waals surface area (Å²) in [7, 11) is 0. The Kier molecular flexibility index (Phi) is 4.50. The van der Waals surface area contributed by atoms with Crippen molar-refractivity contribution in [1.82, 2.24) is 15.0 Å². The monoisotopic (exact) mass is 274 g/mol. The molecule has 2 atom stereocenters. The number of aromatic nitrogens is 3. The van der Waals surface area contributed by atoms with E-state index in [2.05, 4.69) is 15.0 Å². The summed E-state index contributed by atoms with van der Waals surface area (Å²) < 4.78 is 0. The lowest BCUT2D eigenvalue weighted by Gasteiger charge is -2.19. The molecule has 19 heavy (non-hydrogen) atoms. The summed E-state index contributed by atoms with van der Waals surface area (Å²) in [5.41, 5.74) is 8.98. The molecule has 0 aliphatic rings. The van der Waals surface area contributed by atoms with E-state index >= 15 is 0 Å². The van der Waals surface area contributed by atoms with Crippen molar-refractivity contribution >= 4 is 11.8 Å². The summed E-state index contributed by atoms with van der Waals surface area (Å²) >= 11 is 1.57. The highest BCUT2D eigenvalue weighted by atomic mass is 32.2. The second-order valence-electron chi connectivity index (χ2n) is 4.59. The molecule has 2 aromatic rings. The van der Waals surface area contributed by atoms with Gasteiger partial charge in [-0.15, -0.1) is 0 Å². The Balaban J connectivity index is 2.27. The van der Waals surface area contributed by atoms with Crippen LogP contribution in [-0.2, 0) is 0 Å². The summed E-state index contributed by atoms with van der Waals surface area (Å²) in [6.45, 7) is 5.93. The maximum atomic E-state index is 6.08. The van der Waals surface area contributed by atoms with Gasteiger partial charge in [-0.2, -0.15) is 0 Å². The fraction of sp³-hybridized carbons (Fsp3) is 0.357. The molecule has 0 radical (unpaired) electrons. The van der Waals surface area contributed by atoms with E-state index in [4.69, 9.17) is 5.73 Å². The van der Waals surface area contributed by atoms with Crippen LogP contribution in [0.25, 0.3) is 0 Å². The standard InChI is InChI=1S/C14H18N4S/c1-9-8-10(2)18-14(17-9)19-13(11(3)15)12-6-4-5-7-16-12/h4-8,11,13H,15H2,1-3H3. The molecule has 2 heterocycles. The third kappa shape index (κ3) is 3.75. The molecule has 0 aliphatic heterocycles. The van der Waals surface area contributed by atoms with Gasteiger partial charge in [-0.25, -0.2) is 9.97 Å². The number of aryl methyl sites for hydroxylation is 2. The van der Waals surface area contributed by atoms with Crippen LogP contribution < -0.4 is 5.73 Å². The van der Waals surface area contributed by atoms with Crippen molar-refractivity contribution in [1.29, 1.82) is 0 Å². The molecule has 100 valence electrons. The molecule has 0 amide bonds. The third-order valence-electron chi connectivity index (χ3n) is 2.65. The molecule has 2 aromatic heterocycles. The van der Waals surface area contributed by atoms with Gasteiger partial charge in [0.2, 0.25) is 0 Å². The van der Waals surface area contributed by atoms with Crippen molar-refractivity contribution in [2.24, 2.45) is 5.73 Å². The summed E-state index contributed by atoms with van der Waals surface area (Å²) in [6, 6.07) is 7.81. The molecule has 0 saturated carbocycles. The van der Waals surface area contributed by atoms with Gasteiger partial charge in [-0.3, -0.25) is 4.98 Å². The minimum Gasteiger partial charge on any atom is -0.327 e. The molecule has 2 N–H and O–H groups in total. The molecule has 0 aliphatic carbocycles. The number of rotatable bonds is 4. The van der Waals surface area contributed by atoms with E-state index in [0.29, 0.717) is 0 Å². The van der Waals surface area contributed by atoms with Crippen molar-refractivity contribution in [3.63, 3.8) is 0 Å². The van der Waals surface area contributed by atoms with Crippen LogP contribution in [-0.4, -0.2) is 21.0 Å². The van der Waals surface area contributed by atoms with Crippen LogP contribution >= 0.6 is 11.8 Å². The van der Waals surface area contributed by atoms with E-state index in [0.717, 1.165) is 22.2 Å². The number of thioether (sulfide) groups is 1. The molecule has 2 unspecified atom stereocenters. The van der Waals surface area contributed by atoms with Gasteiger partial charge in [0.1, 0.15) is 0 Å².